The molecular weight excluding hydrogens is 480 g/mol. The van der Waals surface area contributed by atoms with Crippen LogP contribution in [0.5, 0.6) is 0 Å². The summed E-state index contributed by atoms with van der Waals surface area (Å²) in [5.74, 6) is -1.28. The summed E-state index contributed by atoms with van der Waals surface area (Å²) in [5.41, 5.74) is 0.163. The first-order valence-corrected chi connectivity index (χ1v) is 11.7. The number of hydrogen-bond acceptors (Lipinski definition) is 7. The number of rotatable bonds is 8. The van der Waals surface area contributed by atoms with Gasteiger partial charge in [-0.15, -0.1) is 0 Å². The molecule has 3 rings (SSSR count). The Morgan fingerprint density at radius 3 is 2.50 bits per heavy atom. The van der Waals surface area contributed by atoms with Crippen molar-refractivity contribution in [3.63, 3.8) is 0 Å². The molecule has 0 spiro atoms. The number of alkyl halides is 4. The number of nitrogens with one attached hydrogen (secondary N) is 2. The van der Waals surface area contributed by atoms with E-state index in [-0.39, 0.29) is 35.7 Å². The standard InChI is InChI=1S/C20H22F4N6O3S/c21-7-8-27-14-3-6-17(12(9-14)10-25)30-11-16(18(26)31)19(29-30)28-13-1-4-15(5-2-13)34(32,33)20(22,23)24/h1-2,4-5,11-12,14,17,27H,3,6-9H2,(H2,26,31)(H,28,29)/t12-,14?,17?/m1/s1. The summed E-state index contributed by atoms with van der Waals surface area (Å²) in [5, 5.41) is 19.7. The molecule has 0 saturated heterocycles. The number of amides is 1. The zero-order chi connectivity index (χ0) is 25.1. The topological polar surface area (TPSA) is 143 Å². The van der Waals surface area contributed by atoms with Gasteiger partial charge in [-0.25, -0.2) is 12.8 Å². The van der Waals surface area contributed by atoms with Crippen molar-refractivity contribution < 1.29 is 30.8 Å². The van der Waals surface area contributed by atoms with Crippen LogP contribution < -0.4 is 16.4 Å². The van der Waals surface area contributed by atoms with Gasteiger partial charge >= 0.3 is 5.51 Å². The van der Waals surface area contributed by atoms with E-state index in [9.17, 15) is 36.0 Å². The molecule has 2 aromatic rings. The molecule has 0 aliphatic heterocycles. The van der Waals surface area contributed by atoms with Gasteiger partial charge in [-0.3, -0.25) is 9.48 Å². The largest absolute Gasteiger partial charge is 0.501 e. The number of hydrogen-bond donors (Lipinski definition) is 3. The lowest BCUT2D eigenvalue weighted by Gasteiger charge is -2.33. The van der Waals surface area contributed by atoms with Gasteiger partial charge < -0.3 is 16.4 Å². The number of aromatic nitrogens is 2. The second-order valence-corrected chi connectivity index (χ2v) is 9.73. The summed E-state index contributed by atoms with van der Waals surface area (Å²) >= 11 is 0. The Balaban J connectivity index is 1.82. The molecule has 1 aliphatic rings. The van der Waals surface area contributed by atoms with Gasteiger partial charge in [-0.05, 0) is 43.5 Å². The van der Waals surface area contributed by atoms with Crippen LogP contribution in [0.3, 0.4) is 0 Å². The van der Waals surface area contributed by atoms with Gasteiger partial charge in [0.2, 0.25) is 0 Å². The second-order valence-electron chi connectivity index (χ2n) is 7.79. The number of nitriles is 1. The van der Waals surface area contributed by atoms with Crippen LogP contribution in [0.25, 0.3) is 0 Å². The van der Waals surface area contributed by atoms with Crippen molar-refractivity contribution in [2.45, 2.75) is 41.7 Å². The quantitative estimate of drug-likeness (QED) is 0.471. The van der Waals surface area contributed by atoms with E-state index < -0.39 is 38.7 Å². The minimum atomic E-state index is -5.50. The van der Waals surface area contributed by atoms with Crippen molar-refractivity contribution in [3.8, 4) is 6.07 Å². The summed E-state index contributed by atoms with van der Waals surface area (Å²) in [6.07, 6.45) is 3.04. The molecule has 9 nitrogen and oxygen atoms in total. The van der Waals surface area contributed by atoms with Gasteiger partial charge in [0.15, 0.2) is 5.82 Å². The fourth-order valence-electron chi connectivity index (χ4n) is 3.88. The number of halogens is 4. The molecule has 3 atom stereocenters. The Bertz CT molecular complexity index is 1170. The van der Waals surface area contributed by atoms with Crippen molar-refractivity contribution in [1.29, 1.82) is 5.26 Å². The molecule has 1 aliphatic carbocycles. The number of carbonyl (C=O) groups is 1. The fourth-order valence-corrected chi connectivity index (χ4v) is 4.64. The van der Waals surface area contributed by atoms with E-state index in [0.717, 1.165) is 24.3 Å². The molecule has 184 valence electrons. The van der Waals surface area contributed by atoms with Crippen LogP contribution >= 0.6 is 0 Å². The first kappa shape index (κ1) is 25.4. The summed E-state index contributed by atoms with van der Waals surface area (Å²) in [6.45, 7) is -0.325. The number of primary amides is 1. The lowest BCUT2D eigenvalue weighted by molar-refractivity contribution is -0.0436. The molecule has 0 bridgehead atoms. The lowest BCUT2D eigenvalue weighted by atomic mass is 9.82. The number of carbonyl (C=O) groups excluding carboxylic acids is 1. The molecule has 1 aromatic heterocycles. The van der Waals surface area contributed by atoms with Crippen LogP contribution in [-0.2, 0) is 9.84 Å². The molecule has 2 unspecified atom stereocenters. The lowest BCUT2D eigenvalue weighted by Crippen LogP contribution is -2.39. The van der Waals surface area contributed by atoms with Crippen LogP contribution in [0.1, 0.15) is 35.7 Å². The van der Waals surface area contributed by atoms with Gasteiger partial charge in [0, 0.05) is 24.5 Å². The maximum Gasteiger partial charge on any atom is 0.501 e. The minimum Gasteiger partial charge on any atom is -0.365 e. The fraction of sp³-hybridized carbons (Fsp3) is 0.450. The number of nitrogens with zero attached hydrogens (tertiary/aromatic N) is 3. The molecule has 34 heavy (non-hydrogen) atoms. The first-order valence-electron chi connectivity index (χ1n) is 10.2. The number of anilines is 2. The van der Waals surface area contributed by atoms with Crippen LogP contribution in [0.4, 0.5) is 29.1 Å². The van der Waals surface area contributed by atoms with Gasteiger partial charge in [0.25, 0.3) is 15.7 Å². The maximum absolute atomic E-state index is 12.7. The third-order valence-corrected chi connectivity index (χ3v) is 7.08. The normalized spacial score (nSPS) is 21.1. The molecule has 1 aromatic carbocycles. The van der Waals surface area contributed by atoms with E-state index in [2.05, 4.69) is 21.8 Å². The highest BCUT2D eigenvalue weighted by Crippen LogP contribution is 2.35. The minimum absolute atomic E-state index is 0.00768. The summed E-state index contributed by atoms with van der Waals surface area (Å²) in [6, 6.07) is 5.59. The van der Waals surface area contributed by atoms with Crippen LogP contribution in [0, 0.1) is 17.2 Å². The SMILES string of the molecule is N#C[C@H]1CC(NCCF)CCC1n1cc(C(N)=O)c(Nc2ccc(S(=O)(=O)C(F)(F)F)cc2)n1. The Hall–Kier alpha value is -3.18. The zero-order valence-corrected chi connectivity index (χ0v) is 18.5. The third kappa shape index (κ3) is 5.31. The van der Waals surface area contributed by atoms with E-state index in [1.165, 1.54) is 10.9 Å². The molecule has 1 fully saturated rings. The smallest absolute Gasteiger partial charge is 0.365 e. The van der Waals surface area contributed by atoms with E-state index in [1.807, 2.05) is 0 Å². The second kappa shape index (κ2) is 9.98. The number of sulfone groups is 1. The van der Waals surface area contributed by atoms with Crippen molar-refractivity contribution >= 4 is 27.2 Å². The monoisotopic (exact) mass is 502 g/mol. The zero-order valence-electron chi connectivity index (χ0n) is 17.7. The van der Waals surface area contributed by atoms with Crippen molar-refractivity contribution in [2.24, 2.45) is 11.7 Å². The van der Waals surface area contributed by atoms with Crippen LogP contribution in [0.2, 0.25) is 0 Å². The molecule has 1 amide bonds. The molecule has 1 heterocycles. The average Bonchev–Trinajstić information content (AvgIpc) is 3.21. The summed E-state index contributed by atoms with van der Waals surface area (Å²) in [7, 11) is -5.50. The highest BCUT2D eigenvalue weighted by molar-refractivity contribution is 7.92. The van der Waals surface area contributed by atoms with Crippen LogP contribution in [-0.4, -0.2) is 48.9 Å². The van der Waals surface area contributed by atoms with Gasteiger partial charge in [0.1, 0.15) is 12.2 Å². The van der Waals surface area contributed by atoms with Crippen molar-refractivity contribution in [1.82, 2.24) is 15.1 Å². The molecule has 14 heteroatoms. The van der Waals surface area contributed by atoms with Gasteiger partial charge in [-0.1, -0.05) is 0 Å². The summed E-state index contributed by atoms with van der Waals surface area (Å²) in [4.78, 5) is 11.0. The Morgan fingerprint density at radius 2 is 1.94 bits per heavy atom. The highest BCUT2D eigenvalue weighted by Gasteiger charge is 2.46. The Kier molecular flexibility index (Phi) is 7.47. The third-order valence-electron chi connectivity index (χ3n) is 5.58. The predicted octanol–water partition coefficient (Wildman–Crippen LogP) is 2.81. The van der Waals surface area contributed by atoms with Gasteiger partial charge in [0.05, 0.1) is 22.9 Å². The van der Waals surface area contributed by atoms with Crippen LogP contribution in [0.15, 0.2) is 35.4 Å². The molecule has 1 saturated carbocycles. The van der Waals surface area contributed by atoms with Crippen molar-refractivity contribution in [2.75, 3.05) is 18.5 Å². The molecule has 4 N–H and O–H groups in total. The number of benzene rings is 1. The van der Waals surface area contributed by atoms with E-state index in [4.69, 9.17) is 5.73 Å². The summed E-state index contributed by atoms with van der Waals surface area (Å²) < 4.78 is 75.1. The Labute approximate surface area is 192 Å². The molecular formula is C20H22F4N6O3S. The van der Waals surface area contributed by atoms with E-state index in [0.29, 0.717) is 19.3 Å². The van der Waals surface area contributed by atoms with E-state index >= 15 is 0 Å². The first-order chi connectivity index (χ1) is 16.0. The van der Waals surface area contributed by atoms with Gasteiger partial charge in [-0.2, -0.15) is 23.5 Å². The maximum atomic E-state index is 12.7. The highest BCUT2D eigenvalue weighted by atomic mass is 32.2. The average molecular weight is 502 g/mol. The molecule has 0 radical (unpaired) electrons. The van der Waals surface area contributed by atoms with E-state index in [1.54, 1.807) is 0 Å². The Morgan fingerprint density at radius 1 is 1.26 bits per heavy atom. The predicted molar refractivity (Wildman–Crippen MR) is 113 cm³/mol. The number of nitrogens with two attached hydrogens (primary N) is 1. The van der Waals surface area contributed by atoms with Crippen molar-refractivity contribution in [3.05, 3.63) is 36.0 Å².